The number of alkyl carbamates (subject to hydrolysis) is 1. The summed E-state index contributed by atoms with van der Waals surface area (Å²) in [7, 11) is 1.71. The topological polar surface area (TPSA) is 59.6 Å². The summed E-state index contributed by atoms with van der Waals surface area (Å²) >= 11 is 0. The van der Waals surface area contributed by atoms with Gasteiger partial charge in [-0.1, -0.05) is 30.3 Å². The zero-order valence-electron chi connectivity index (χ0n) is 12.7. The van der Waals surface area contributed by atoms with Crippen LogP contribution >= 0.6 is 0 Å². The molecule has 0 radical (unpaired) electrons. The molecule has 1 aliphatic carbocycles. The first kappa shape index (κ1) is 15.8. The SMILES string of the molecule is COC(C)CNC1CC(NC(=O)OCc2ccccc2)C1. The predicted octanol–water partition coefficient (Wildman–Crippen LogP) is 2.07. The number of benzene rings is 1. The number of hydrogen-bond donors (Lipinski definition) is 2. The molecule has 2 rings (SSSR count). The van der Waals surface area contributed by atoms with Gasteiger partial charge >= 0.3 is 6.09 Å². The zero-order valence-corrected chi connectivity index (χ0v) is 12.7. The molecule has 5 heteroatoms. The van der Waals surface area contributed by atoms with E-state index in [1.807, 2.05) is 37.3 Å². The fraction of sp³-hybridized carbons (Fsp3) is 0.562. The van der Waals surface area contributed by atoms with Gasteiger partial charge in [0.1, 0.15) is 6.61 Å². The minimum atomic E-state index is -0.340. The van der Waals surface area contributed by atoms with Gasteiger partial charge in [-0.3, -0.25) is 0 Å². The first-order valence-electron chi connectivity index (χ1n) is 7.40. The van der Waals surface area contributed by atoms with Crippen LogP contribution in [0.4, 0.5) is 4.79 Å². The van der Waals surface area contributed by atoms with Crippen molar-refractivity contribution in [2.45, 2.75) is 44.6 Å². The molecule has 0 aromatic heterocycles. The van der Waals surface area contributed by atoms with Crippen molar-refractivity contribution in [2.75, 3.05) is 13.7 Å². The monoisotopic (exact) mass is 292 g/mol. The molecule has 0 aliphatic heterocycles. The molecule has 1 aromatic carbocycles. The Kier molecular flexibility index (Phi) is 6.02. The summed E-state index contributed by atoms with van der Waals surface area (Å²) in [6, 6.07) is 10.3. The van der Waals surface area contributed by atoms with E-state index in [4.69, 9.17) is 9.47 Å². The molecule has 1 amide bonds. The van der Waals surface area contributed by atoms with Gasteiger partial charge in [0.2, 0.25) is 0 Å². The van der Waals surface area contributed by atoms with Crippen LogP contribution < -0.4 is 10.6 Å². The van der Waals surface area contributed by atoms with Crippen molar-refractivity contribution in [1.29, 1.82) is 0 Å². The maximum atomic E-state index is 11.7. The quantitative estimate of drug-likeness (QED) is 0.807. The van der Waals surface area contributed by atoms with Crippen LogP contribution in [-0.4, -0.2) is 37.9 Å². The van der Waals surface area contributed by atoms with Crippen LogP contribution in [0.15, 0.2) is 30.3 Å². The summed E-state index contributed by atoms with van der Waals surface area (Å²) in [5.41, 5.74) is 0.995. The van der Waals surface area contributed by atoms with Crippen LogP contribution in [0.25, 0.3) is 0 Å². The van der Waals surface area contributed by atoms with E-state index in [1.165, 1.54) is 0 Å². The molecule has 0 saturated heterocycles. The van der Waals surface area contributed by atoms with Crippen molar-refractivity contribution in [3.63, 3.8) is 0 Å². The Morgan fingerprint density at radius 3 is 2.67 bits per heavy atom. The minimum Gasteiger partial charge on any atom is -0.445 e. The van der Waals surface area contributed by atoms with E-state index in [9.17, 15) is 4.79 Å². The van der Waals surface area contributed by atoms with E-state index in [0.717, 1.165) is 24.9 Å². The minimum absolute atomic E-state index is 0.212. The Bertz CT molecular complexity index is 432. The van der Waals surface area contributed by atoms with Crippen LogP contribution in [0.1, 0.15) is 25.3 Å². The lowest BCUT2D eigenvalue weighted by atomic mass is 9.87. The maximum Gasteiger partial charge on any atom is 0.407 e. The van der Waals surface area contributed by atoms with Crippen molar-refractivity contribution in [2.24, 2.45) is 0 Å². The number of methoxy groups -OCH3 is 1. The largest absolute Gasteiger partial charge is 0.445 e. The molecule has 5 nitrogen and oxygen atoms in total. The number of rotatable bonds is 7. The van der Waals surface area contributed by atoms with Gasteiger partial charge < -0.3 is 20.1 Å². The van der Waals surface area contributed by atoms with E-state index in [-0.39, 0.29) is 18.2 Å². The van der Waals surface area contributed by atoms with Gasteiger partial charge in [0.25, 0.3) is 0 Å². The highest BCUT2D eigenvalue weighted by molar-refractivity contribution is 5.67. The van der Waals surface area contributed by atoms with Gasteiger partial charge in [0, 0.05) is 25.7 Å². The summed E-state index contributed by atoms with van der Waals surface area (Å²) in [6.07, 6.45) is 1.76. The molecule has 1 aromatic rings. The highest BCUT2D eigenvalue weighted by Gasteiger charge is 2.30. The normalized spacial score (nSPS) is 22.2. The van der Waals surface area contributed by atoms with Gasteiger partial charge in [-0.05, 0) is 25.3 Å². The molecule has 0 bridgehead atoms. The molecule has 0 heterocycles. The Balaban J connectivity index is 1.56. The van der Waals surface area contributed by atoms with Crippen LogP contribution in [-0.2, 0) is 16.1 Å². The summed E-state index contributed by atoms with van der Waals surface area (Å²) in [5, 5.41) is 6.30. The maximum absolute atomic E-state index is 11.7. The molecule has 21 heavy (non-hydrogen) atoms. The molecule has 1 unspecified atom stereocenters. The smallest absolute Gasteiger partial charge is 0.407 e. The van der Waals surface area contributed by atoms with Crippen molar-refractivity contribution >= 4 is 6.09 Å². The molecule has 1 aliphatic rings. The second-order valence-corrected chi connectivity index (χ2v) is 5.53. The van der Waals surface area contributed by atoms with E-state index < -0.39 is 0 Å². The Hall–Kier alpha value is -1.59. The Labute approximate surface area is 126 Å². The van der Waals surface area contributed by atoms with E-state index >= 15 is 0 Å². The summed E-state index contributed by atoms with van der Waals surface area (Å²) < 4.78 is 10.4. The third kappa shape index (κ3) is 5.36. The Morgan fingerprint density at radius 1 is 1.29 bits per heavy atom. The number of ether oxygens (including phenoxy) is 2. The lowest BCUT2D eigenvalue weighted by molar-refractivity contribution is 0.102. The van der Waals surface area contributed by atoms with Gasteiger partial charge in [-0.25, -0.2) is 4.79 Å². The van der Waals surface area contributed by atoms with Gasteiger partial charge in [-0.15, -0.1) is 0 Å². The fourth-order valence-corrected chi connectivity index (χ4v) is 2.25. The van der Waals surface area contributed by atoms with Crippen LogP contribution in [0.3, 0.4) is 0 Å². The van der Waals surface area contributed by atoms with Crippen molar-refractivity contribution in [1.82, 2.24) is 10.6 Å². The first-order chi connectivity index (χ1) is 10.2. The van der Waals surface area contributed by atoms with Crippen molar-refractivity contribution in [3.05, 3.63) is 35.9 Å². The molecular formula is C16H24N2O3. The summed E-state index contributed by atoms with van der Waals surface area (Å²) in [6.45, 7) is 3.18. The van der Waals surface area contributed by atoms with Crippen LogP contribution in [0, 0.1) is 0 Å². The van der Waals surface area contributed by atoms with Gasteiger partial charge in [0.15, 0.2) is 0 Å². The number of carbonyl (C=O) groups is 1. The fourth-order valence-electron chi connectivity index (χ4n) is 2.25. The zero-order chi connectivity index (χ0) is 15.1. The third-order valence-electron chi connectivity index (χ3n) is 3.77. The highest BCUT2D eigenvalue weighted by Crippen LogP contribution is 2.20. The highest BCUT2D eigenvalue weighted by atomic mass is 16.5. The molecule has 1 saturated carbocycles. The van der Waals surface area contributed by atoms with Crippen molar-refractivity contribution in [3.8, 4) is 0 Å². The molecule has 1 atom stereocenters. The van der Waals surface area contributed by atoms with E-state index in [2.05, 4.69) is 10.6 Å². The van der Waals surface area contributed by atoms with Crippen molar-refractivity contribution < 1.29 is 14.3 Å². The van der Waals surface area contributed by atoms with Crippen LogP contribution in [0.2, 0.25) is 0 Å². The second kappa shape index (κ2) is 8.00. The summed E-state index contributed by atoms with van der Waals surface area (Å²) in [5.74, 6) is 0. The average Bonchev–Trinajstić information content (AvgIpc) is 2.48. The number of amides is 1. The molecule has 116 valence electrons. The van der Waals surface area contributed by atoms with Gasteiger partial charge in [0.05, 0.1) is 6.10 Å². The number of hydrogen-bond acceptors (Lipinski definition) is 4. The molecule has 1 fully saturated rings. The van der Waals surface area contributed by atoms with Gasteiger partial charge in [-0.2, -0.15) is 0 Å². The molecule has 0 spiro atoms. The lowest BCUT2D eigenvalue weighted by Crippen LogP contribution is -2.53. The molecule has 2 N–H and O–H groups in total. The van der Waals surface area contributed by atoms with E-state index in [1.54, 1.807) is 7.11 Å². The Morgan fingerprint density at radius 2 is 2.00 bits per heavy atom. The third-order valence-corrected chi connectivity index (χ3v) is 3.77. The number of nitrogens with one attached hydrogen (secondary N) is 2. The predicted molar refractivity (Wildman–Crippen MR) is 81.0 cm³/mol. The number of carbonyl (C=O) groups excluding carboxylic acids is 1. The van der Waals surface area contributed by atoms with E-state index in [0.29, 0.717) is 12.6 Å². The lowest BCUT2D eigenvalue weighted by Gasteiger charge is -2.36. The summed E-state index contributed by atoms with van der Waals surface area (Å²) in [4.78, 5) is 11.7. The second-order valence-electron chi connectivity index (χ2n) is 5.53. The molecular weight excluding hydrogens is 268 g/mol. The van der Waals surface area contributed by atoms with Crippen LogP contribution in [0.5, 0.6) is 0 Å². The average molecular weight is 292 g/mol. The standard InChI is InChI=1S/C16H24N2O3/c1-12(20-2)10-17-14-8-15(9-14)18-16(19)21-11-13-6-4-3-5-7-13/h3-7,12,14-15,17H,8-11H2,1-2H3,(H,18,19). The first-order valence-corrected chi connectivity index (χ1v) is 7.40.